The van der Waals surface area contributed by atoms with Gasteiger partial charge in [0.25, 0.3) is 0 Å². The fourth-order valence-electron chi connectivity index (χ4n) is 1.77. The van der Waals surface area contributed by atoms with Crippen LogP contribution in [-0.2, 0) is 6.42 Å². The molecule has 0 fully saturated rings. The van der Waals surface area contributed by atoms with Crippen molar-refractivity contribution < 1.29 is 0 Å². The highest BCUT2D eigenvalue weighted by Gasteiger charge is 2.12. The predicted molar refractivity (Wildman–Crippen MR) is 73.7 cm³/mol. The maximum Gasteiger partial charge on any atom is 0.0589 e. The molecule has 2 aromatic heterocycles. The van der Waals surface area contributed by atoms with E-state index in [9.17, 15) is 0 Å². The molecule has 0 radical (unpaired) electrons. The average Bonchev–Trinajstić information content (AvgIpc) is 2.82. The van der Waals surface area contributed by atoms with Crippen LogP contribution in [0, 0.1) is 0 Å². The third-order valence-electron chi connectivity index (χ3n) is 2.58. The Morgan fingerprint density at radius 3 is 2.88 bits per heavy atom. The Bertz CT molecular complexity index is 439. The SMILES string of the molecule is CCNC(Cc1ccsc1)c1ccc(Cl)cn1. The van der Waals surface area contributed by atoms with E-state index < -0.39 is 0 Å². The summed E-state index contributed by atoms with van der Waals surface area (Å²) in [6.07, 6.45) is 2.67. The Hall–Kier alpha value is -0.900. The van der Waals surface area contributed by atoms with Crippen LogP contribution in [0.25, 0.3) is 0 Å². The molecule has 1 unspecified atom stereocenters. The third-order valence-corrected chi connectivity index (χ3v) is 3.53. The average molecular weight is 267 g/mol. The molecule has 2 nitrogen and oxygen atoms in total. The van der Waals surface area contributed by atoms with E-state index >= 15 is 0 Å². The highest BCUT2D eigenvalue weighted by atomic mass is 35.5. The Balaban J connectivity index is 2.13. The maximum atomic E-state index is 5.85. The second-order valence-corrected chi connectivity index (χ2v) is 5.06. The Labute approximate surface area is 111 Å². The second kappa shape index (κ2) is 6.15. The molecule has 17 heavy (non-hydrogen) atoms. The van der Waals surface area contributed by atoms with Crippen LogP contribution in [0.5, 0.6) is 0 Å². The van der Waals surface area contributed by atoms with Crippen molar-refractivity contribution in [1.29, 1.82) is 0 Å². The zero-order valence-corrected chi connectivity index (χ0v) is 11.3. The molecule has 0 spiro atoms. The molecule has 0 amide bonds. The Morgan fingerprint density at radius 2 is 2.29 bits per heavy atom. The molecule has 0 aliphatic rings. The van der Waals surface area contributed by atoms with Crippen molar-refractivity contribution in [2.75, 3.05) is 6.54 Å². The van der Waals surface area contributed by atoms with Crippen LogP contribution in [-0.4, -0.2) is 11.5 Å². The highest BCUT2D eigenvalue weighted by molar-refractivity contribution is 7.07. The number of rotatable bonds is 5. The summed E-state index contributed by atoms with van der Waals surface area (Å²) in [5, 5.41) is 8.42. The van der Waals surface area contributed by atoms with E-state index in [0.717, 1.165) is 18.7 Å². The van der Waals surface area contributed by atoms with Crippen LogP contribution < -0.4 is 5.32 Å². The molecule has 2 heterocycles. The molecular weight excluding hydrogens is 252 g/mol. The summed E-state index contributed by atoms with van der Waals surface area (Å²) in [5.74, 6) is 0. The quantitative estimate of drug-likeness (QED) is 0.893. The van der Waals surface area contributed by atoms with Gasteiger partial charge in [0.2, 0.25) is 0 Å². The molecule has 4 heteroatoms. The van der Waals surface area contributed by atoms with Crippen LogP contribution in [0.15, 0.2) is 35.2 Å². The van der Waals surface area contributed by atoms with Gasteiger partial charge in [-0.15, -0.1) is 0 Å². The molecule has 0 aliphatic carbocycles. The lowest BCUT2D eigenvalue weighted by Gasteiger charge is -2.16. The zero-order chi connectivity index (χ0) is 12.1. The summed E-state index contributed by atoms with van der Waals surface area (Å²) >= 11 is 7.58. The van der Waals surface area contributed by atoms with Gasteiger partial charge in [-0.25, -0.2) is 0 Å². The number of nitrogens with one attached hydrogen (secondary N) is 1. The minimum absolute atomic E-state index is 0.256. The minimum atomic E-state index is 0.256. The molecular formula is C13H15ClN2S. The minimum Gasteiger partial charge on any atom is -0.309 e. The van der Waals surface area contributed by atoms with Gasteiger partial charge >= 0.3 is 0 Å². The van der Waals surface area contributed by atoms with E-state index in [1.165, 1.54) is 5.56 Å². The first kappa shape index (κ1) is 12.6. The van der Waals surface area contributed by atoms with Gasteiger partial charge in [0.15, 0.2) is 0 Å². The van der Waals surface area contributed by atoms with Gasteiger partial charge in [-0.2, -0.15) is 11.3 Å². The number of likely N-dealkylation sites (N-methyl/N-ethyl adjacent to an activating group) is 1. The number of halogens is 1. The molecule has 1 N–H and O–H groups in total. The van der Waals surface area contributed by atoms with Crippen LogP contribution >= 0.6 is 22.9 Å². The molecule has 0 saturated carbocycles. The summed E-state index contributed by atoms with van der Waals surface area (Å²) < 4.78 is 0. The molecule has 90 valence electrons. The number of hydrogen-bond donors (Lipinski definition) is 1. The van der Waals surface area contributed by atoms with Crippen molar-refractivity contribution >= 4 is 22.9 Å². The summed E-state index contributed by atoms with van der Waals surface area (Å²) in [7, 11) is 0. The summed E-state index contributed by atoms with van der Waals surface area (Å²) in [6, 6.07) is 6.29. The fourth-order valence-corrected chi connectivity index (χ4v) is 2.56. The number of nitrogens with zero attached hydrogens (tertiary/aromatic N) is 1. The van der Waals surface area contributed by atoms with Gasteiger partial charge in [-0.1, -0.05) is 18.5 Å². The second-order valence-electron chi connectivity index (χ2n) is 3.85. The first-order valence-electron chi connectivity index (χ1n) is 5.65. The van der Waals surface area contributed by atoms with Crippen molar-refractivity contribution in [2.24, 2.45) is 0 Å². The van der Waals surface area contributed by atoms with Crippen LogP contribution in [0.1, 0.15) is 24.2 Å². The van der Waals surface area contributed by atoms with E-state index in [-0.39, 0.29) is 6.04 Å². The monoisotopic (exact) mass is 266 g/mol. The largest absolute Gasteiger partial charge is 0.309 e. The summed E-state index contributed by atoms with van der Waals surface area (Å²) in [4.78, 5) is 4.39. The zero-order valence-electron chi connectivity index (χ0n) is 9.69. The number of thiophene rings is 1. The van der Waals surface area contributed by atoms with E-state index in [1.54, 1.807) is 17.5 Å². The van der Waals surface area contributed by atoms with E-state index in [2.05, 4.69) is 34.1 Å². The lowest BCUT2D eigenvalue weighted by molar-refractivity contribution is 0.537. The van der Waals surface area contributed by atoms with Crippen molar-refractivity contribution in [1.82, 2.24) is 10.3 Å². The molecule has 2 rings (SSSR count). The van der Waals surface area contributed by atoms with E-state index in [1.807, 2.05) is 12.1 Å². The number of pyridine rings is 1. The van der Waals surface area contributed by atoms with Gasteiger partial charge in [0.1, 0.15) is 0 Å². The van der Waals surface area contributed by atoms with Crippen molar-refractivity contribution in [3.63, 3.8) is 0 Å². The van der Waals surface area contributed by atoms with Crippen molar-refractivity contribution in [3.05, 3.63) is 51.4 Å². The molecule has 1 atom stereocenters. The number of aromatic nitrogens is 1. The fraction of sp³-hybridized carbons (Fsp3) is 0.308. The highest BCUT2D eigenvalue weighted by Crippen LogP contribution is 2.19. The third kappa shape index (κ3) is 3.53. The normalized spacial score (nSPS) is 12.6. The first-order chi connectivity index (χ1) is 8.29. The van der Waals surface area contributed by atoms with Crippen molar-refractivity contribution in [3.8, 4) is 0 Å². The molecule has 0 aliphatic heterocycles. The van der Waals surface area contributed by atoms with Gasteiger partial charge in [-0.3, -0.25) is 4.98 Å². The van der Waals surface area contributed by atoms with E-state index in [4.69, 9.17) is 11.6 Å². The van der Waals surface area contributed by atoms with Crippen molar-refractivity contribution in [2.45, 2.75) is 19.4 Å². The van der Waals surface area contributed by atoms with Gasteiger partial charge in [0, 0.05) is 6.20 Å². The molecule has 2 aromatic rings. The van der Waals surface area contributed by atoms with Crippen LogP contribution in [0.2, 0.25) is 5.02 Å². The summed E-state index contributed by atoms with van der Waals surface area (Å²) in [5.41, 5.74) is 2.39. The van der Waals surface area contributed by atoms with Gasteiger partial charge in [0.05, 0.1) is 16.8 Å². The van der Waals surface area contributed by atoms with Crippen LogP contribution in [0.4, 0.5) is 0 Å². The number of hydrogen-bond acceptors (Lipinski definition) is 3. The molecule has 0 aromatic carbocycles. The topological polar surface area (TPSA) is 24.9 Å². The molecule has 0 saturated heterocycles. The first-order valence-corrected chi connectivity index (χ1v) is 6.97. The molecule has 0 bridgehead atoms. The Morgan fingerprint density at radius 1 is 1.41 bits per heavy atom. The summed E-state index contributed by atoms with van der Waals surface area (Å²) in [6.45, 7) is 3.04. The smallest absolute Gasteiger partial charge is 0.0589 e. The van der Waals surface area contributed by atoms with Crippen LogP contribution in [0.3, 0.4) is 0 Å². The lowest BCUT2D eigenvalue weighted by Crippen LogP contribution is -2.23. The van der Waals surface area contributed by atoms with E-state index in [0.29, 0.717) is 5.02 Å². The predicted octanol–water partition coefficient (Wildman–Crippen LogP) is 3.69. The Kier molecular flexibility index (Phi) is 4.54. The standard InChI is InChI=1S/C13H15ClN2S/c1-2-15-13(7-10-5-6-17-9-10)12-4-3-11(14)8-16-12/h3-6,8-9,13,15H,2,7H2,1H3. The maximum absolute atomic E-state index is 5.85. The van der Waals surface area contributed by atoms with Gasteiger partial charge < -0.3 is 5.32 Å². The lowest BCUT2D eigenvalue weighted by atomic mass is 10.1. The van der Waals surface area contributed by atoms with Gasteiger partial charge in [-0.05, 0) is 47.5 Å².